The van der Waals surface area contributed by atoms with Gasteiger partial charge in [0.2, 0.25) is 11.8 Å². The fraction of sp³-hybridized carbons (Fsp3) is 0.333. The molecule has 3 amide bonds. The molecule has 4 rings (SSSR count). The maximum atomic E-state index is 12.9. The summed E-state index contributed by atoms with van der Waals surface area (Å²) in [6.45, 7) is 1.59. The maximum Gasteiger partial charge on any atom is 0.338 e. The zero-order valence-corrected chi connectivity index (χ0v) is 20.2. The van der Waals surface area contributed by atoms with Gasteiger partial charge in [-0.25, -0.2) is 4.79 Å². The Morgan fingerprint density at radius 2 is 1.88 bits per heavy atom. The molecule has 0 unspecified atom stereocenters. The minimum Gasteiger partial charge on any atom is -0.452 e. The van der Waals surface area contributed by atoms with Gasteiger partial charge >= 0.3 is 5.97 Å². The Kier molecular flexibility index (Phi) is 6.86. The molecule has 1 saturated heterocycles. The average Bonchev–Trinajstić information content (AvgIpc) is 3.04. The molecule has 2 aliphatic rings. The second-order valence-electron chi connectivity index (χ2n) is 8.45. The van der Waals surface area contributed by atoms with E-state index in [-0.39, 0.29) is 29.2 Å². The van der Waals surface area contributed by atoms with Crippen LogP contribution in [0.5, 0.6) is 0 Å². The monoisotopic (exact) mass is 532 g/mol. The Morgan fingerprint density at radius 1 is 1.12 bits per heavy atom. The number of carbonyl (C=O) groups excluding carboxylic acids is 4. The first kappa shape index (κ1) is 23.4. The third kappa shape index (κ3) is 4.96. The summed E-state index contributed by atoms with van der Waals surface area (Å²) in [5.74, 6) is -1.87. The lowest BCUT2D eigenvalue weighted by Crippen LogP contribution is -2.31. The van der Waals surface area contributed by atoms with Crippen molar-refractivity contribution in [1.29, 1.82) is 0 Å². The lowest BCUT2D eigenvalue weighted by Gasteiger charge is -2.25. The quantitative estimate of drug-likeness (QED) is 0.439. The summed E-state index contributed by atoms with van der Waals surface area (Å²) in [5, 5.41) is 3.03. The van der Waals surface area contributed by atoms with Gasteiger partial charge in [-0.15, -0.1) is 0 Å². The van der Waals surface area contributed by atoms with E-state index in [1.807, 2.05) is 0 Å². The third-order valence-corrected chi connectivity index (χ3v) is 7.30. The van der Waals surface area contributed by atoms with Crippen molar-refractivity contribution in [3.63, 3.8) is 0 Å². The van der Waals surface area contributed by atoms with Gasteiger partial charge in [-0.05, 0) is 77.5 Å². The summed E-state index contributed by atoms with van der Waals surface area (Å²) in [6.07, 6.45) is 2.33. The van der Waals surface area contributed by atoms with E-state index in [4.69, 9.17) is 16.3 Å². The molecule has 1 aliphatic carbocycles. The normalized spacial score (nSPS) is 22.2. The van der Waals surface area contributed by atoms with Crippen molar-refractivity contribution in [2.45, 2.75) is 26.2 Å². The Morgan fingerprint density at radius 3 is 2.64 bits per heavy atom. The van der Waals surface area contributed by atoms with E-state index in [9.17, 15) is 19.2 Å². The first-order valence-electron chi connectivity index (χ1n) is 10.6. The number of anilines is 2. The van der Waals surface area contributed by atoms with Crippen LogP contribution in [0.3, 0.4) is 0 Å². The number of ether oxygens (including phenoxy) is 1. The topological polar surface area (TPSA) is 92.8 Å². The van der Waals surface area contributed by atoms with Gasteiger partial charge in [-0.2, -0.15) is 0 Å². The van der Waals surface area contributed by atoms with Crippen LogP contribution in [0.2, 0.25) is 5.02 Å². The number of imide groups is 1. The molecule has 9 heteroatoms. The Labute approximate surface area is 204 Å². The first-order chi connectivity index (χ1) is 15.7. The van der Waals surface area contributed by atoms with Gasteiger partial charge in [0.05, 0.1) is 28.1 Å². The number of rotatable bonds is 5. The number of benzene rings is 2. The van der Waals surface area contributed by atoms with Crippen molar-refractivity contribution < 1.29 is 23.9 Å². The second kappa shape index (κ2) is 9.65. The Hall–Kier alpha value is -2.71. The summed E-state index contributed by atoms with van der Waals surface area (Å²) in [4.78, 5) is 51.7. The largest absolute Gasteiger partial charge is 0.452 e. The van der Waals surface area contributed by atoms with E-state index < -0.39 is 18.5 Å². The fourth-order valence-corrected chi connectivity index (χ4v) is 4.83. The van der Waals surface area contributed by atoms with Crippen LogP contribution in [0, 0.1) is 17.8 Å². The van der Waals surface area contributed by atoms with Crippen LogP contribution in [0.1, 0.15) is 36.5 Å². The molecule has 1 N–H and O–H groups in total. The van der Waals surface area contributed by atoms with Crippen LogP contribution in [0.4, 0.5) is 11.4 Å². The van der Waals surface area contributed by atoms with Gasteiger partial charge in [0.1, 0.15) is 0 Å². The molecular formula is C24H22BrClN2O5. The van der Waals surface area contributed by atoms with Crippen LogP contribution >= 0.6 is 27.5 Å². The van der Waals surface area contributed by atoms with Crippen LogP contribution in [-0.2, 0) is 19.1 Å². The summed E-state index contributed by atoms with van der Waals surface area (Å²) in [5.41, 5.74) is 0.958. The van der Waals surface area contributed by atoms with Gasteiger partial charge in [0.25, 0.3) is 5.91 Å². The van der Waals surface area contributed by atoms with Gasteiger partial charge in [0, 0.05) is 10.2 Å². The van der Waals surface area contributed by atoms with Crippen LogP contribution in [0.25, 0.3) is 0 Å². The number of hydrogen-bond acceptors (Lipinski definition) is 5. The van der Waals surface area contributed by atoms with E-state index in [2.05, 4.69) is 28.2 Å². The van der Waals surface area contributed by atoms with E-state index in [1.165, 1.54) is 17.0 Å². The number of amides is 3. The van der Waals surface area contributed by atoms with Crippen molar-refractivity contribution in [2.75, 3.05) is 16.8 Å². The summed E-state index contributed by atoms with van der Waals surface area (Å²) in [6, 6.07) is 11.1. The molecule has 7 nitrogen and oxygen atoms in total. The van der Waals surface area contributed by atoms with Gasteiger partial charge < -0.3 is 10.1 Å². The molecule has 0 spiro atoms. The molecule has 3 atom stereocenters. The van der Waals surface area contributed by atoms with E-state index in [0.717, 1.165) is 6.42 Å². The van der Waals surface area contributed by atoms with Crippen LogP contribution in [0.15, 0.2) is 46.9 Å². The van der Waals surface area contributed by atoms with Gasteiger partial charge in [-0.3, -0.25) is 19.3 Å². The Bertz CT molecular complexity index is 1140. The highest BCUT2D eigenvalue weighted by molar-refractivity contribution is 9.10. The molecule has 172 valence electrons. The molecule has 2 fully saturated rings. The molecule has 1 heterocycles. The lowest BCUT2D eigenvalue weighted by molar-refractivity contribution is -0.122. The van der Waals surface area contributed by atoms with Crippen LogP contribution in [-0.4, -0.2) is 30.3 Å². The number of carbonyl (C=O) groups is 4. The highest BCUT2D eigenvalue weighted by atomic mass is 79.9. The second-order valence-corrected chi connectivity index (χ2v) is 9.71. The summed E-state index contributed by atoms with van der Waals surface area (Å²) in [7, 11) is 0. The molecule has 1 saturated carbocycles. The third-order valence-electron chi connectivity index (χ3n) is 6.07. The number of halogens is 2. The minimum atomic E-state index is -0.731. The minimum absolute atomic E-state index is 0.149. The van der Waals surface area contributed by atoms with E-state index in [0.29, 0.717) is 39.6 Å². The molecule has 33 heavy (non-hydrogen) atoms. The smallest absolute Gasteiger partial charge is 0.338 e. The Balaban J connectivity index is 1.40. The van der Waals surface area contributed by atoms with Crippen molar-refractivity contribution in [2.24, 2.45) is 17.8 Å². The van der Waals surface area contributed by atoms with Crippen LogP contribution < -0.4 is 10.2 Å². The molecular weight excluding hydrogens is 512 g/mol. The van der Waals surface area contributed by atoms with E-state index in [1.54, 1.807) is 30.3 Å². The maximum absolute atomic E-state index is 12.9. The standard InChI is InChI=1S/C24H22BrClN2O5/c1-13-5-7-17-18(9-13)23(31)28(22(17)30)16-4-2-3-14(10-16)24(32)33-12-21(29)27-15-6-8-19(25)20(26)11-15/h2-4,6,8,10-11,13,17-18H,5,7,9,12H2,1H3,(H,27,29)/t13-,17-,18-/m1/s1. The van der Waals surface area contributed by atoms with Crippen molar-refractivity contribution in [3.8, 4) is 0 Å². The predicted octanol–water partition coefficient (Wildman–Crippen LogP) is 4.82. The number of nitrogens with one attached hydrogen (secondary N) is 1. The zero-order valence-electron chi connectivity index (χ0n) is 17.8. The number of fused-ring (bicyclic) bond motifs is 1. The highest BCUT2D eigenvalue weighted by Crippen LogP contribution is 2.42. The summed E-state index contributed by atoms with van der Waals surface area (Å²) >= 11 is 9.28. The molecule has 1 aliphatic heterocycles. The van der Waals surface area contributed by atoms with Gasteiger partial charge in [-0.1, -0.05) is 24.6 Å². The fourth-order valence-electron chi connectivity index (χ4n) is 4.40. The molecule has 2 aromatic rings. The molecule has 0 aromatic heterocycles. The van der Waals surface area contributed by atoms with Crippen molar-refractivity contribution >= 4 is 62.6 Å². The number of hydrogen-bond donors (Lipinski definition) is 1. The van der Waals surface area contributed by atoms with Crippen molar-refractivity contribution in [3.05, 3.63) is 57.5 Å². The van der Waals surface area contributed by atoms with E-state index >= 15 is 0 Å². The van der Waals surface area contributed by atoms with Gasteiger partial charge in [0.15, 0.2) is 6.61 Å². The average molecular weight is 534 g/mol. The zero-order chi connectivity index (χ0) is 23.7. The SMILES string of the molecule is C[C@@H]1CC[C@H]2C(=O)N(c3cccc(C(=O)OCC(=O)Nc4ccc(Br)c(Cl)c4)c3)C(=O)[C@@H]2C1. The molecule has 0 bridgehead atoms. The van der Waals surface area contributed by atoms with Crippen molar-refractivity contribution in [1.82, 2.24) is 0 Å². The summed E-state index contributed by atoms with van der Waals surface area (Å²) < 4.78 is 5.81. The first-order valence-corrected chi connectivity index (χ1v) is 11.8. The molecule has 0 radical (unpaired) electrons. The predicted molar refractivity (Wildman–Crippen MR) is 127 cm³/mol. The number of esters is 1. The highest BCUT2D eigenvalue weighted by Gasteiger charge is 2.50. The lowest BCUT2D eigenvalue weighted by atomic mass is 9.76. The number of nitrogens with zero attached hydrogens (tertiary/aromatic N) is 1. The molecule has 2 aromatic carbocycles.